The average molecular weight is 275 g/mol. The highest BCUT2D eigenvalue weighted by Crippen LogP contribution is 2.38. The predicted molar refractivity (Wildman–Crippen MR) is 61.8 cm³/mol. The third-order valence-electron chi connectivity index (χ3n) is 2.42. The van der Waals surface area contributed by atoms with Gasteiger partial charge in [0, 0.05) is 5.02 Å². The molecular weight excluding hydrogens is 268 g/mol. The molecule has 0 saturated heterocycles. The Labute approximate surface area is 106 Å². The Morgan fingerprint density at radius 2 is 1.67 bits per heavy atom. The SMILES string of the molecule is Fc1cccc(-c2cc(Cl)ccc2C(F)(F)F)c1. The van der Waals surface area contributed by atoms with Gasteiger partial charge in [-0.1, -0.05) is 23.7 Å². The Morgan fingerprint density at radius 1 is 0.944 bits per heavy atom. The Balaban J connectivity index is 2.66. The van der Waals surface area contributed by atoms with Gasteiger partial charge >= 0.3 is 6.18 Å². The van der Waals surface area contributed by atoms with Crippen LogP contribution in [0.4, 0.5) is 17.6 Å². The second-order valence-corrected chi connectivity index (χ2v) is 4.13. The summed E-state index contributed by atoms with van der Waals surface area (Å²) >= 11 is 5.70. The lowest BCUT2D eigenvalue weighted by Crippen LogP contribution is -2.07. The van der Waals surface area contributed by atoms with Crippen molar-refractivity contribution in [1.29, 1.82) is 0 Å². The van der Waals surface area contributed by atoms with Crippen molar-refractivity contribution in [2.45, 2.75) is 6.18 Å². The summed E-state index contributed by atoms with van der Waals surface area (Å²) in [7, 11) is 0. The number of halogens is 5. The third-order valence-corrected chi connectivity index (χ3v) is 2.66. The van der Waals surface area contributed by atoms with Gasteiger partial charge in [0.05, 0.1) is 5.56 Å². The van der Waals surface area contributed by atoms with Crippen molar-refractivity contribution in [2.75, 3.05) is 0 Å². The molecule has 0 nitrogen and oxygen atoms in total. The molecule has 0 aromatic heterocycles. The van der Waals surface area contributed by atoms with E-state index in [1.54, 1.807) is 0 Å². The molecule has 0 aliphatic heterocycles. The van der Waals surface area contributed by atoms with E-state index in [0.717, 1.165) is 18.2 Å². The van der Waals surface area contributed by atoms with Gasteiger partial charge in [-0.3, -0.25) is 0 Å². The molecule has 0 unspecified atom stereocenters. The number of hydrogen-bond acceptors (Lipinski definition) is 0. The minimum absolute atomic E-state index is 0.130. The topological polar surface area (TPSA) is 0 Å². The minimum Gasteiger partial charge on any atom is -0.207 e. The van der Waals surface area contributed by atoms with Crippen LogP contribution in [0.1, 0.15) is 5.56 Å². The molecule has 0 bridgehead atoms. The highest BCUT2D eigenvalue weighted by Gasteiger charge is 2.33. The second kappa shape index (κ2) is 4.61. The zero-order valence-corrected chi connectivity index (χ0v) is 9.69. The van der Waals surface area contributed by atoms with E-state index >= 15 is 0 Å². The van der Waals surface area contributed by atoms with Crippen molar-refractivity contribution >= 4 is 11.6 Å². The Morgan fingerprint density at radius 3 is 2.28 bits per heavy atom. The molecule has 0 saturated carbocycles. The molecule has 94 valence electrons. The number of alkyl halides is 3. The molecule has 0 spiro atoms. The van der Waals surface area contributed by atoms with Crippen LogP contribution in [0.2, 0.25) is 5.02 Å². The molecule has 18 heavy (non-hydrogen) atoms. The quantitative estimate of drug-likeness (QED) is 0.630. The summed E-state index contributed by atoms with van der Waals surface area (Å²) in [6, 6.07) is 8.20. The van der Waals surface area contributed by atoms with Crippen molar-refractivity contribution in [3.05, 3.63) is 58.9 Å². The summed E-state index contributed by atoms with van der Waals surface area (Å²) in [5, 5.41) is 0.169. The summed E-state index contributed by atoms with van der Waals surface area (Å²) in [4.78, 5) is 0. The molecule has 2 aromatic carbocycles. The summed E-state index contributed by atoms with van der Waals surface area (Å²) in [6.45, 7) is 0. The van der Waals surface area contributed by atoms with Gasteiger partial charge in [0.1, 0.15) is 5.82 Å². The van der Waals surface area contributed by atoms with Gasteiger partial charge in [-0.2, -0.15) is 13.2 Å². The Hall–Kier alpha value is -1.55. The smallest absolute Gasteiger partial charge is 0.207 e. The molecule has 0 heterocycles. The monoisotopic (exact) mass is 274 g/mol. The average Bonchev–Trinajstić information content (AvgIpc) is 2.27. The van der Waals surface area contributed by atoms with Crippen molar-refractivity contribution in [2.24, 2.45) is 0 Å². The minimum atomic E-state index is -4.51. The van der Waals surface area contributed by atoms with Crippen molar-refractivity contribution < 1.29 is 17.6 Å². The van der Waals surface area contributed by atoms with E-state index in [1.807, 2.05) is 0 Å². The number of rotatable bonds is 1. The molecule has 0 N–H and O–H groups in total. The van der Waals surface area contributed by atoms with Gasteiger partial charge in [-0.15, -0.1) is 0 Å². The van der Waals surface area contributed by atoms with Crippen LogP contribution in [-0.4, -0.2) is 0 Å². The van der Waals surface area contributed by atoms with Gasteiger partial charge in [-0.05, 0) is 41.5 Å². The van der Waals surface area contributed by atoms with Crippen LogP contribution in [0.25, 0.3) is 11.1 Å². The van der Waals surface area contributed by atoms with E-state index < -0.39 is 17.6 Å². The molecule has 0 aliphatic carbocycles. The van der Waals surface area contributed by atoms with Crippen molar-refractivity contribution in [3.8, 4) is 11.1 Å². The molecule has 2 rings (SSSR count). The lowest BCUT2D eigenvalue weighted by Gasteiger charge is -2.13. The summed E-state index contributed by atoms with van der Waals surface area (Å²) in [6.07, 6.45) is -4.51. The normalized spacial score (nSPS) is 11.6. The first-order valence-corrected chi connectivity index (χ1v) is 5.38. The first-order chi connectivity index (χ1) is 8.38. The summed E-state index contributed by atoms with van der Waals surface area (Å²) in [5.41, 5.74) is -0.822. The zero-order valence-electron chi connectivity index (χ0n) is 8.93. The fourth-order valence-corrected chi connectivity index (χ4v) is 1.83. The fraction of sp³-hybridized carbons (Fsp3) is 0.0769. The van der Waals surface area contributed by atoms with Crippen LogP contribution < -0.4 is 0 Å². The molecule has 0 aliphatic rings. The molecule has 0 radical (unpaired) electrons. The van der Waals surface area contributed by atoms with Crippen LogP contribution in [0.5, 0.6) is 0 Å². The van der Waals surface area contributed by atoms with Gasteiger partial charge in [-0.25, -0.2) is 4.39 Å². The van der Waals surface area contributed by atoms with Crippen LogP contribution in [0, 0.1) is 5.82 Å². The maximum Gasteiger partial charge on any atom is 0.417 e. The molecule has 0 fully saturated rings. The first kappa shape index (κ1) is 12.9. The molecule has 0 amide bonds. The Bertz CT molecular complexity index is 575. The van der Waals surface area contributed by atoms with E-state index in [-0.39, 0.29) is 16.1 Å². The molecular formula is C13H7ClF4. The molecule has 5 heteroatoms. The summed E-state index contributed by atoms with van der Waals surface area (Å²) in [5.74, 6) is -0.597. The zero-order chi connectivity index (χ0) is 13.3. The van der Waals surface area contributed by atoms with Crippen LogP contribution in [0.3, 0.4) is 0 Å². The van der Waals surface area contributed by atoms with E-state index in [0.29, 0.717) is 0 Å². The van der Waals surface area contributed by atoms with Gasteiger partial charge < -0.3 is 0 Å². The van der Waals surface area contributed by atoms with E-state index in [4.69, 9.17) is 11.6 Å². The number of hydrogen-bond donors (Lipinski definition) is 0. The van der Waals surface area contributed by atoms with E-state index in [1.165, 1.54) is 24.3 Å². The van der Waals surface area contributed by atoms with Gasteiger partial charge in [0.15, 0.2) is 0 Å². The number of benzene rings is 2. The standard InChI is InChI=1S/C13H7ClF4/c14-9-4-5-12(13(16,17)18)11(7-9)8-2-1-3-10(15)6-8/h1-7H. The maximum absolute atomic E-state index is 13.1. The second-order valence-electron chi connectivity index (χ2n) is 3.70. The lowest BCUT2D eigenvalue weighted by atomic mass is 9.99. The highest BCUT2D eigenvalue weighted by atomic mass is 35.5. The maximum atomic E-state index is 13.1. The largest absolute Gasteiger partial charge is 0.417 e. The lowest BCUT2D eigenvalue weighted by molar-refractivity contribution is -0.137. The van der Waals surface area contributed by atoms with Crippen LogP contribution in [-0.2, 0) is 6.18 Å². The van der Waals surface area contributed by atoms with E-state index in [9.17, 15) is 17.6 Å². The molecule has 0 atom stereocenters. The summed E-state index contributed by atoms with van der Waals surface area (Å²) < 4.78 is 51.6. The predicted octanol–water partition coefficient (Wildman–Crippen LogP) is 5.16. The van der Waals surface area contributed by atoms with Crippen molar-refractivity contribution in [3.63, 3.8) is 0 Å². The van der Waals surface area contributed by atoms with Crippen LogP contribution >= 0.6 is 11.6 Å². The fourth-order valence-electron chi connectivity index (χ4n) is 1.66. The Kier molecular flexibility index (Phi) is 3.30. The van der Waals surface area contributed by atoms with Gasteiger partial charge in [0.25, 0.3) is 0 Å². The third kappa shape index (κ3) is 2.64. The van der Waals surface area contributed by atoms with E-state index in [2.05, 4.69) is 0 Å². The van der Waals surface area contributed by atoms with Crippen molar-refractivity contribution in [1.82, 2.24) is 0 Å². The van der Waals surface area contributed by atoms with Gasteiger partial charge in [0.2, 0.25) is 0 Å². The van der Waals surface area contributed by atoms with Crippen LogP contribution in [0.15, 0.2) is 42.5 Å². The highest BCUT2D eigenvalue weighted by molar-refractivity contribution is 6.30. The first-order valence-electron chi connectivity index (χ1n) is 5.00. The molecule has 2 aromatic rings.